The first-order chi connectivity index (χ1) is 9.43. The summed E-state index contributed by atoms with van der Waals surface area (Å²) < 4.78 is 39.0. The van der Waals surface area contributed by atoms with Crippen molar-refractivity contribution in [3.05, 3.63) is 58.6 Å². The minimum absolute atomic E-state index is 0.0982. The summed E-state index contributed by atoms with van der Waals surface area (Å²) in [5, 5.41) is 3.28. The van der Waals surface area contributed by atoms with Crippen LogP contribution in [-0.2, 0) is 12.7 Å². The second-order valence-corrected chi connectivity index (χ2v) is 4.80. The molecule has 2 aromatic rings. The van der Waals surface area contributed by atoms with Crippen LogP contribution >= 0.6 is 11.6 Å². The molecule has 0 saturated heterocycles. The third-order valence-corrected chi connectivity index (χ3v) is 3.25. The minimum atomic E-state index is -4.40. The number of benzene rings is 2. The maximum absolute atomic E-state index is 13.0. The van der Waals surface area contributed by atoms with Crippen LogP contribution in [0.5, 0.6) is 0 Å². The van der Waals surface area contributed by atoms with E-state index < -0.39 is 11.7 Å². The molecule has 1 N–H and O–H groups in total. The minimum Gasteiger partial charge on any atom is -0.316 e. The standard InChI is InChI=1S/C15H13ClF3N/c1-20-9-10-6-7-12(14(16)8-10)11-4-2-3-5-13(11)15(17,18)19/h2-8,20H,9H2,1H3. The van der Waals surface area contributed by atoms with Crippen LogP contribution in [0, 0.1) is 0 Å². The molecular formula is C15H13ClF3N. The number of hydrogen-bond acceptors (Lipinski definition) is 1. The van der Waals surface area contributed by atoms with Crippen molar-refractivity contribution >= 4 is 11.6 Å². The van der Waals surface area contributed by atoms with E-state index in [2.05, 4.69) is 5.32 Å². The van der Waals surface area contributed by atoms with Crippen molar-refractivity contribution in [3.63, 3.8) is 0 Å². The highest BCUT2D eigenvalue weighted by atomic mass is 35.5. The summed E-state index contributed by atoms with van der Waals surface area (Å²) in [7, 11) is 1.79. The molecule has 20 heavy (non-hydrogen) atoms. The third kappa shape index (κ3) is 3.14. The summed E-state index contributed by atoms with van der Waals surface area (Å²) in [5.41, 5.74) is 0.731. The SMILES string of the molecule is CNCc1ccc(-c2ccccc2C(F)(F)F)c(Cl)c1. The average molecular weight is 300 g/mol. The third-order valence-electron chi connectivity index (χ3n) is 2.94. The first-order valence-corrected chi connectivity index (χ1v) is 6.41. The maximum atomic E-state index is 13.0. The van der Waals surface area contributed by atoms with E-state index in [0.29, 0.717) is 17.1 Å². The monoisotopic (exact) mass is 299 g/mol. The zero-order chi connectivity index (χ0) is 14.8. The quantitative estimate of drug-likeness (QED) is 0.863. The van der Waals surface area contributed by atoms with E-state index in [4.69, 9.17) is 11.6 Å². The Bertz CT molecular complexity index is 608. The topological polar surface area (TPSA) is 12.0 Å². The van der Waals surface area contributed by atoms with Gasteiger partial charge in [0.05, 0.1) is 5.56 Å². The molecule has 0 aliphatic carbocycles. The fourth-order valence-corrected chi connectivity index (χ4v) is 2.36. The van der Waals surface area contributed by atoms with Crippen LogP contribution in [0.1, 0.15) is 11.1 Å². The van der Waals surface area contributed by atoms with Gasteiger partial charge in [-0.2, -0.15) is 13.2 Å². The summed E-state index contributed by atoms with van der Waals surface area (Å²) in [6.07, 6.45) is -4.40. The number of alkyl halides is 3. The summed E-state index contributed by atoms with van der Waals surface area (Å²) in [4.78, 5) is 0. The van der Waals surface area contributed by atoms with Crippen LogP contribution in [0.15, 0.2) is 42.5 Å². The molecule has 5 heteroatoms. The highest BCUT2D eigenvalue weighted by Crippen LogP contribution is 2.39. The molecule has 0 radical (unpaired) electrons. The molecule has 106 valence electrons. The van der Waals surface area contributed by atoms with Gasteiger partial charge >= 0.3 is 6.18 Å². The smallest absolute Gasteiger partial charge is 0.316 e. The lowest BCUT2D eigenvalue weighted by molar-refractivity contribution is -0.137. The molecule has 0 fully saturated rings. The number of nitrogens with one attached hydrogen (secondary N) is 1. The van der Waals surface area contributed by atoms with Crippen LogP contribution in [-0.4, -0.2) is 7.05 Å². The van der Waals surface area contributed by atoms with E-state index in [1.54, 1.807) is 31.3 Å². The van der Waals surface area contributed by atoms with Crippen molar-refractivity contribution < 1.29 is 13.2 Å². The average Bonchev–Trinajstić information content (AvgIpc) is 2.38. The van der Waals surface area contributed by atoms with Crippen LogP contribution in [0.25, 0.3) is 11.1 Å². The van der Waals surface area contributed by atoms with Crippen LogP contribution < -0.4 is 5.32 Å². The molecule has 0 bridgehead atoms. The number of hydrogen-bond donors (Lipinski definition) is 1. The normalized spacial score (nSPS) is 11.7. The van der Waals surface area contributed by atoms with Gasteiger partial charge in [0.1, 0.15) is 0 Å². The molecule has 0 heterocycles. The Hall–Kier alpha value is -1.52. The Labute approximate surface area is 120 Å². The van der Waals surface area contributed by atoms with E-state index in [9.17, 15) is 13.2 Å². The highest BCUT2D eigenvalue weighted by molar-refractivity contribution is 6.33. The van der Waals surface area contributed by atoms with Crippen molar-refractivity contribution in [1.82, 2.24) is 5.32 Å². The first kappa shape index (κ1) is 14.9. The van der Waals surface area contributed by atoms with Crippen LogP contribution in [0.2, 0.25) is 5.02 Å². The lowest BCUT2D eigenvalue weighted by Gasteiger charge is -2.14. The molecule has 0 aliphatic heterocycles. The van der Waals surface area contributed by atoms with E-state index in [1.165, 1.54) is 12.1 Å². The summed E-state index contributed by atoms with van der Waals surface area (Å²) in [5.74, 6) is 0. The number of rotatable bonds is 3. The Kier molecular flexibility index (Phi) is 4.35. The molecule has 0 atom stereocenters. The predicted molar refractivity (Wildman–Crippen MR) is 74.7 cm³/mol. The first-order valence-electron chi connectivity index (χ1n) is 6.03. The van der Waals surface area contributed by atoms with Gasteiger partial charge < -0.3 is 5.32 Å². The van der Waals surface area contributed by atoms with Crippen LogP contribution in [0.4, 0.5) is 13.2 Å². The van der Waals surface area contributed by atoms with Gasteiger partial charge in [-0.05, 0) is 30.3 Å². The largest absolute Gasteiger partial charge is 0.417 e. The van der Waals surface area contributed by atoms with Crippen LogP contribution in [0.3, 0.4) is 0 Å². The Morgan fingerprint density at radius 1 is 1.05 bits per heavy atom. The molecule has 0 saturated carbocycles. The van der Waals surface area contributed by atoms with Crippen molar-refractivity contribution in [2.24, 2.45) is 0 Å². The van der Waals surface area contributed by atoms with E-state index in [1.807, 2.05) is 0 Å². The number of halogens is 4. The van der Waals surface area contributed by atoms with Crippen molar-refractivity contribution in [2.45, 2.75) is 12.7 Å². The lowest BCUT2D eigenvalue weighted by atomic mass is 9.98. The van der Waals surface area contributed by atoms with Gasteiger partial charge in [-0.15, -0.1) is 0 Å². The maximum Gasteiger partial charge on any atom is 0.417 e. The van der Waals surface area contributed by atoms with Gasteiger partial charge in [0.2, 0.25) is 0 Å². The van der Waals surface area contributed by atoms with E-state index in [-0.39, 0.29) is 5.56 Å². The molecule has 1 nitrogen and oxygen atoms in total. The zero-order valence-corrected chi connectivity index (χ0v) is 11.5. The van der Waals surface area contributed by atoms with E-state index in [0.717, 1.165) is 11.6 Å². The Morgan fingerprint density at radius 3 is 2.35 bits per heavy atom. The Balaban J connectivity index is 2.52. The summed E-state index contributed by atoms with van der Waals surface area (Å²) in [6, 6.07) is 10.5. The molecule has 0 spiro atoms. The molecule has 2 aromatic carbocycles. The predicted octanol–water partition coefficient (Wildman–Crippen LogP) is 4.75. The molecule has 0 aromatic heterocycles. The van der Waals surface area contributed by atoms with Gasteiger partial charge in [-0.25, -0.2) is 0 Å². The van der Waals surface area contributed by atoms with Gasteiger partial charge in [0, 0.05) is 17.1 Å². The van der Waals surface area contributed by atoms with Crippen molar-refractivity contribution in [2.75, 3.05) is 7.05 Å². The van der Waals surface area contributed by atoms with Gasteiger partial charge in [0.25, 0.3) is 0 Å². The zero-order valence-electron chi connectivity index (χ0n) is 10.8. The lowest BCUT2D eigenvalue weighted by Crippen LogP contribution is -2.07. The van der Waals surface area contributed by atoms with Gasteiger partial charge in [-0.1, -0.05) is 41.9 Å². The van der Waals surface area contributed by atoms with Crippen molar-refractivity contribution in [3.8, 4) is 11.1 Å². The molecule has 0 aliphatic rings. The molecular weight excluding hydrogens is 287 g/mol. The van der Waals surface area contributed by atoms with Gasteiger partial charge in [-0.3, -0.25) is 0 Å². The molecule has 2 rings (SSSR count). The fourth-order valence-electron chi connectivity index (χ4n) is 2.06. The molecule has 0 unspecified atom stereocenters. The Morgan fingerprint density at radius 2 is 1.75 bits per heavy atom. The second-order valence-electron chi connectivity index (χ2n) is 4.39. The highest BCUT2D eigenvalue weighted by Gasteiger charge is 2.33. The molecule has 0 amide bonds. The summed E-state index contributed by atoms with van der Waals surface area (Å²) in [6.45, 7) is 0.612. The van der Waals surface area contributed by atoms with Gasteiger partial charge in [0.15, 0.2) is 0 Å². The van der Waals surface area contributed by atoms with E-state index >= 15 is 0 Å². The summed E-state index contributed by atoms with van der Waals surface area (Å²) >= 11 is 6.13. The fraction of sp³-hybridized carbons (Fsp3) is 0.200. The van der Waals surface area contributed by atoms with Crippen molar-refractivity contribution in [1.29, 1.82) is 0 Å². The second kappa shape index (κ2) is 5.85.